The van der Waals surface area contributed by atoms with Crippen molar-refractivity contribution in [3.63, 3.8) is 0 Å². The highest BCUT2D eigenvalue weighted by atomic mass is 19.4. The van der Waals surface area contributed by atoms with Crippen LogP contribution in [0.15, 0.2) is 18.3 Å². The van der Waals surface area contributed by atoms with E-state index >= 15 is 0 Å². The van der Waals surface area contributed by atoms with Gasteiger partial charge in [0.05, 0.1) is 11.9 Å². The van der Waals surface area contributed by atoms with E-state index in [-0.39, 0.29) is 16.8 Å². The molecule has 1 amide bonds. The van der Waals surface area contributed by atoms with Crippen LogP contribution in [0.4, 0.5) is 24.7 Å². The summed E-state index contributed by atoms with van der Waals surface area (Å²) < 4.78 is 36.9. The Balaban J connectivity index is 2.08. The fourth-order valence-electron chi connectivity index (χ4n) is 2.32. The molecule has 142 valence electrons. The Bertz CT molecular complexity index is 686. The Morgan fingerprint density at radius 2 is 1.88 bits per heavy atom. The first-order valence-electron chi connectivity index (χ1n) is 7.49. The Morgan fingerprint density at radius 1 is 1.27 bits per heavy atom. The highest BCUT2D eigenvalue weighted by molar-refractivity contribution is 5.92. The van der Waals surface area contributed by atoms with Crippen molar-refractivity contribution in [2.24, 2.45) is 5.73 Å². The summed E-state index contributed by atoms with van der Waals surface area (Å²) in [6.07, 6.45) is -3.87. The van der Waals surface area contributed by atoms with E-state index in [0.29, 0.717) is 31.9 Å². The van der Waals surface area contributed by atoms with Gasteiger partial charge in [0.15, 0.2) is 5.82 Å². The minimum atomic E-state index is -5.23. The number of carbonyl (C=O) groups is 2. The number of hydrogen-bond acceptors (Lipinski definition) is 6. The topological polar surface area (TPSA) is 116 Å². The number of carbonyl (C=O) groups excluding carboxylic acids is 2. The van der Waals surface area contributed by atoms with Gasteiger partial charge in [0.2, 0.25) is 11.9 Å². The number of amides is 1. The summed E-state index contributed by atoms with van der Waals surface area (Å²) in [5, 5.41) is 7.46. The maximum atomic E-state index is 12.3. The molecule has 0 spiro atoms. The standard InChI is InChI=1S/C14H17F3N6O3/c1-9(24)21-4-6-22(7-5-21)10-2-3-11(20-8-10)23(13(18)19)26-12(25)14(15,16)17/h2-3,8H,4-7H2,1H3,(H3,18,19). The fourth-order valence-corrected chi connectivity index (χ4v) is 2.32. The number of alkyl halides is 3. The summed E-state index contributed by atoms with van der Waals surface area (Å²) in [7, 11) is 0. The fraction of sp³-hybridized carbons (Fsp3) is 0.429. The third kappa shape index (κ3) is 4.52. The zero-order valence-electron chi connectivity index (χ0n) is 13.8. The molecule has 0 aliphatic carbocycles. The Hall–Kier alpha value is -3.05. The Labute approximate surface area is 146 Å². The monoisotopic (exact) mass is 374 g/mol. The van der Waals surface area contributed by atoms with Crippen molar-refractivity contribution in [2.75, 3.05) is 36.1 Å². The largest absolute Gasteiger partial charge is 0.493 e. The first-order valence-corrected chi connectivity index (χ1v) is 7.49. The van der Waals surface area contributed by atoms with Crippen LogP contribution in [-0.4, -0.2) is 60.1 Å². The second kappa shape index (κ2) is 7.45. The highest BCUT2D eigenvalue weighted by Gasteiger charge is 2.43. The van der Waals surface area contributed by atoms with Gasteiger partial charge in [-0.15, -0.1) is 5.06 Å². The molecule has 0 atom stereocenters. The van der Waals surface area contributed by atoms with Gasteiger partial charge < -0.3 is 20.4 Å². The van der Waals surface area contributed by atoms with Gasteiger partial charge in [0, 0.05) is 33.1 Å². The zero-order chi connectivity index (χ0) is 19.5. The van der Waals surface area contributed by atoms with Gasteiger partial charge in [-0.05, 0) is 12.1 Å². The van der Waals surface area contributed by atoms with Gasteiger partial charge in [0.1, 0.15) is 0 Å². The minimum Gasteiger partial charge on any atom is -0.367 e. The molecular formula is C14H17F3N6O3. The molecule has 1 aromatic heterocycles. The smallest absolute Gasteiger partial charge is 0.367 e. The lowest BCUT2D eigenvalue weighted by molar-refractivity contribution is -0.199. The summed E-state index contributed by atoms with van der Waals surface area (Å²) in [6.45, 7) is 3.71. The molecule has 12 heteroatoms. The van der Waals surface area contributed by atoms with Gasteiger partial charge in [0.25, 0.3) is 0 Å². The zero-order valence-corrected chi connectivity index (χ0v) is 13.8. The number of guanidine groups is 1. The third-order valence-electron chi connectivity index (χ3n) is 3.65. The highest BCUT2D eigenvalue weighted by Crippen LogP contribution is 2.22. The molecule has 9 nitrogen and oxygen atoms in total. The van der Waals surface area contributed by atoms with Crippen molar-refractivity contribution in [2.45, 2.75) is 13.1 Å². The first kappa shape index (κ1) is 19.3. The number of piperazine rings is 1. The van der Waals surface area contributed by atoms with Crippen LogP contribution in [0.1, 0.15) is 6.92 Å². The SMILES string of the molecule is CC(=O)N1CCN(c2ccc(N(OC(=O)C(F)(F)F)C(=N)N)nc2)CC1. The van der Waals surface area contributed by atoms with Crippen molar-refractivity contribution in [1.29, 1.82) is 5.41 Å². The minimum absolute atomic E-state index is 0.0123. The molecular weight excluding hydrogens is 357 g/mol. The Kier molecular flexibility index (Phi) is 5.53. The van der Waals surface area contributed by atoms with Crippen molar-refractivity contribution in [3.8, 4) is 0 Å². The number of nitrogens with zero attached hydrogens (tertiary/aromatic N) is 4. The predicted molar refractivity (Wildman–Crippen MR) is 85.2 cm³/mol. The van der Waals surface area contributed by atoms with Crippen molar-refractivity contribution >= 4 is 29.3 Å². The van der Waals surface area contributed by atoms with Crippen molar-refractivity contribution < 1.29 is 27.6 Å². The molecule has 0 bridgehead atoms. The van der Waals surface area contributed by atoms with E-state index in [2.05, 4.69) is 9.82 Å². The molecule has 0 aromatic carbocycles. The number of hydrogen-bond donors (Lipinski definition) is 2. The molecule has 2 heterocycles. The van der Waals surface area contributed by atoms with E-state index in [4.69, 9.17) is 11.1 Å². The number of anilines is 2. The van der Waals surface area contributed by atoms with E-state index in [0.717, 1.165) is 0 Å². The van der Waals surface area contributed by atoms with Crippen molar-refractivity contribution in [3.05, 3.63) is 18.3 Å². The number of halogens is 3. The maximum absolute atomic E-state index is 12.3. The molecule has 1 aromatic rings. The summed E-state index contributed by atoms with van der Waals surface area (Å²) in [5.41, 5.74) is 5.83. The van der Waals surface area contributed by atoms with Crippen LogP contribution in [0.25, 0.3) is 0 Å². The maximum Gasteiger partial charge on any atom is 0.493 e. The lowest BCUT2D eigenvalue weighted by atomic mass is 10.2. The van der Waals surface area contributed by atoms with E-state index in [1.165, 1.54) is 19.2 Å². The lowest BCUT2D eigenvalue weighted by Gasteiger charge is -2.35. The van der Waals surface area contributed by atoms with Gasteiger partial charge in [-0.25, -0.2) is 9.78 Å². The van der Waals surface area contributed by atoms with E-state index in [1.807, 2.05) is 4.90 Å². The number of nitrogens with two attached hydrogens (primary N) is 1. The molecule has 1 fully saturated rings. The summed E-state index contributed by atoms with van der Waals surface area (Å²) in [4.78, 5) is 33.9. The van der Waals surface area contributed by atoms with Gasteiger partial charge in [-0.3, -0.25) is 10.2 Å². The average molecular weight is 374 g/mol. The predicted octanol–water partition coefficient (Wildman–Crippen LogP) is 0.470. The van der Waals surface area contributed by atoms with Gasteiger partial charge >= 0.3 is 12.1 Å². The van der Waals surface area contributed by atoms with Gasteiger partial charge in [-0.1, -0.05) is 0 Å². The van der Waals surface area contributed by atoms with Crippen LogP contribution in [0.3, 0.4) is 0 Å². The van der Waals surface area contributed by atoms with E-state index in [9.17, 15) is 22.8 Å². The molecule has 1 aliphatic rings. The van der Waals surface area contributed by atoms with Crippen LogP contribution < -0.4 is 15.7 Å². The molecule has 26 heavy (non-hydrogen) atoms. The number of hydroxylamine groups is 1. The molecule has 2 rings (SSSR count). The van der Waals surface area contributed by atoms with E-state index in [1.54, 1.807) is 11.0 Å². The molecule has 0 radical (unpaired) electrons. The van der Waals surface area contributed by atoms with Crippen LogP contribution in [-0.2, 0) is 14.4 Å². The lowest BCUT2D eigenvalue weighted by Crippen LogP contribution is -2.48. The van der Waals surface area contributed by atoms with Crippen LogP contribution in [0, 0.1) is 5.41 Å². The van der Waals surface area contributed by atoms with Crippen LogP contribution in [0.2, 0.25) is 0 Å². The molecule has 1 aliphatic heterocycles. The summed E-state index contributed by atoms with van der Waals surface area (Å²) >= 11 is 0. The van der Waals surface area contributed by atoms with Gasteiger partial charge in [-0.2, -0.15) is 13.2 Å². The first-order chi connectivity index (χ1) is 12.1. The number of nitrogens with one attached hydrogen (secondary N) is 1. The summed E-state index contributed by atoms with van der Waals surface area (Å²) in [5.74, 6) is -3.71. The number of pyridine rings is 1. The second-order valence-electron chi connectivity index (χ2n) is 5.42. The van der Waals surface area contributed by atoms with Crippen LogP contribution >= 0.6 is 0 Å². The van der Waals surface area contributed by atoms with Crippen LogP contribution in [0.5, 0.6) is 0 Å². The quantitative estimate of drug-likeness (QED) is 0.439. The normalized spacial score (nSPS) is 14.8. The van der Waals surface area contributed by atoms with Crippen molar-refractivity contribution in [1.82, 2.24) is 9.88 Å². The molecule has 0 saturated carbocycles. The number of rotatable bonds is 2. The molecule has 3 N–H and O–H groups in total. The third-order valence-corrected chi connectivity index (χ3v) is 3.65. The number of aromatic nitrogens is 1. The average Bonchev–Trinajstić information content (AvgIpc) is 2.58. The van der Waals surface area contributed by atoms with E-state index < -0.39 is 18.1 Å². The molecule has 0 unspecified atom stereocenters. The Morgan fingerprint density at radius 3 is 2.31 bits per heavy atom. The second-order valence-corrected chi connectivity index (χ2v) is 5.42. The molecule has 1 saturated heterocycles. The summed E-state index contributed by atoms with van der Waals surface area (Å²) in [6, 6.07) is 2.82.